The van der Waals surface area contributed by atoms with Gasteiger partial charge in [0.25, 0.3) is 0 Å². The van der Waals surface area contributed by atoms with Gasteiger partial charge < -0.3 is 15.8 Å². The third kappa shape index (κ3) is 3.71. The maximum Gasteiger partial charge on any atom is 0.155 e. The topological polar surface area (TPSA) is 73.1 Å². The summed E-state index contributed by atoms with van der Waals surface area (Å²) in [5.41, 5.74) is 6.05. The Labute approximate surface area is 100 Å². The lowest BCUT2D eigenvalue weighted by Gasteiger charge is -2.14. The van der Waals surface area contributed by atoms with Gasteiger partial charge in [-0.1, -0.05) is 12.2 Å². The van der Waals surface area contributed by atoms with Gasteiger partial charge in [0.05, 0.1) is 6.10 Å². The molecule has 1 aromatic rings. The zero-order valence-electron chi connectivity index (χ0n) is 9.43. The van der Waals surface area contributed by atoms with E-state index in [4.69, 9.17) is 22.7 Å². The van der Waals surface area contributed by atoms with Crippen LogP contribution in [0.15, 0.2) is 12.4 Å². The molecule has 0 aromatic carbocycles. The molecule has 3 N–H and O–H groups in total. The smallest absolute Gasteiger partial charge is 0.155 e. The molecule has 5 nitrogen and oxygen atoms in total. The highest BCUT2D eigenvalue weighted by molar-refractivity contribution is 7.80. The third-order valence-corrected chi connectivity index (χ3v) is 2.13. The van der Waals surface area contributed by atoms with Crippen LogP contribution in [-0.2, 0) is 4.74 Å². The minimum atomic E-state index is 0.103. The van der Waals surface area contributed by atoms with E-state index in [9.17, 15) is 0 Å². The van der Waals surface area contributed by atoms with E-state index < -0.39 is 0 Å². The number of anilines is 1. The normalized spacial score (nSPS) is 12.1. The molecule has 0 radical (unpaired) electrons. The number of hydrogen-bond acceptors (Lipinski definition) is 5. The predicted molar refractivity (Wildman–Crippen MR) is 67.5 cm³/mol. The van der Waals surface area contributed by atoms with Crippen LogP contribution in [0.4, 0.5) is 5.82 Å². The average molecular weight is 240 g/mol. The Morgan fingerprint density at radius 2 is 2.25 bits per heavy atom. The molecule has 0 saturated heterocycles. The van der Waals surface area contributed by atoms with Crippen molar-refractivity contribution in [2.45, 2.75) is 20.0 Å². The van der Waals surface area contributed by atoms with E-state index in [1.807, 2.05) is 13.8 Å². The molecule has 0 aliphatic rings. The van der Waals surface area contributed by atoms with Gasteiger partial charge in [-0.25, -0.2) is 9.97 Å². The number of nitrogens with one attached hydrogen (secondary N) is 1. The van der Waals surface area contributed by atoms with Gasteiger partial charge in [0, 0.05) is 25.5 Å². The van der Waals surface area contributed by atoms with Crippen LogP contribution in [0.3, 0.4) is 0 Å². The molecule has 6 heteroatoms. The summed E-state index contributed by atoms with van der Waals surface area (Å²) in [7, 11) is 0. The Morgan fingerprint density at radius 1 is 1.56 bits per heavy atom. The average Bonchev–Trinajstić information content (AvgIpc) is 2.27. The first-order valence-corrected chi connectivity index (χ1v) is 5.52. The van der Waals surface area contributed by atoms with Crippen LogP contribution in [0.5, 0.6) is 0 Å². The van der Waals surface area contributed by atoms with Crippen molar-refractivity contribution in [3.63, 3.8) is 0 Å². The summed E-state index contributed by atoms with van der Waals surface area (Å²) < 4.78 is 5.39. The van der Waals surface area contributed by atoms with Crippen LogP contribution < -0.4 is 11.1 Å². The minimum absolute atomic E-state index is 0.103. The largest absolute Gasteiger partial charge is 0.388 e. The zero-order chi connectivity index (χ0) is 12.0. The molecule has 1 aromatic heterocycles. The van der Waals surface area contributed by atoms with Crippen molar-refractivity contribution in [3.8, 4) is 0 Å². The highest BCUT2D eigenvalue weighted by atomic mass is 32.1. The minimum Gasteiger partial charge on any atom is -0.388 e. The summed E-state index contributed by atoms with van der Waals surface area (Å²) >= 11 is 4.88. The molecule has 0 bridgehead atoms. The Hall–Kier alpha value is -1.27. The second-order valence-electron chi connectivity index (χ2n) is 3.26. The number of hydrogen-bond donors (Lipinski definition) is 2. The van der Waals surface area contributed by atoms with Gasteiger partial charge in [-0.2, -0.15) is 0 Å². The number of aromatic nitrogens is 2. The first-order valence-electron chi connectivity index (χ1n) is 5.11. The second-order valence-corrected chi connectivity index (χ2v) is 3.70. The van der Waals surface area contributed by atoms with Crippen molar-refractivity contribution in [2.75, 3.05) is 18.5 Å². The third-order valence-electron chi connectivity index (χ3n) is 1.94. The molecule has 1 rings (SSSR count). The molecule has 0 fully saturated rings. The molecule has 0 spiro atoms. The Bertz CT molecular complexity index is 358. The number of nitrogens with two attached hydrogens (primary N) is 1. The van der Waals surface area contributed by atoms with Gasteiger partial charge in [-0.05, 0) is 13.8 Å². The van der Waals surface area contributed by atoms with Crippen molar-refractivity contribution >= 4 is 23.0 Å². The first-order chi connectivity index (χ1) is 7.65. The SMILES string of the molecule is CCOC(C)CNc1nccnc1C(N)=S. The fourth-order valence-corrected chi connectivity index (χ4v) is 1.38. The van der Waals surface area contributed by atoms with Crippen LogP contribution in [-0.4, -0.2) is 34.2 Å². The summed E-state index contributed by atoms with van der Waals surface area (Å²) in [6.45, 7) is 5.26. The summed E-state index contributed by atoms with van der Waals surface area (Å²) in [4.78, 5) is 8.44. The van der Waals surface area contributed by atoms with E-state index in [-0.39, 0.29) is 11.1 Å². The van der Waals surface area contributed by atoms with Gasteiger partial charge in [0.2, 0.25) is 0 Å². The van der Waals surface area contributed by atoms with Gasteiger partial charge >= 0.3 is 0 Å². The van der Waals surface area contributed by atoms with Crippen molar-refractivity contribution in [2.24, 2.45) is 5.73 Å². The fraction of sp³-hybridized carbons (Fsp3) is 0.500. The molecule has 0 aliphatic heterocycles. The molecular formula is C10H16N4OS. The van der Waals surface area contributed by atoms with E-state index in [2.05, 4.69) is 15.3 Å². The fourth-order valence-electron chi connectivity index (χ4n) is 1.23. The molecular weight excluding hydrogens is 224 g/mol. The molecule has 0 amide bonds. The first kappa shape index (κ1) is 12.8. The Morgan fingerprint density at radius 3 is 2.88 bits per heavy atom. The quantitative estimate of drug-likeness (QED) is 0.721. The van der Waals surface area contributed by atoms with E-state index in [1.165, 1.54) is 0 Å². The van der Waals surface area contributed by atoms with Crippen LogP contribution in [0, 0.1) is 0 Å². The molecule has 88 valence electrons. The number of rotatable bonds is 6. The monoisotopic (exact) mass is 240 g/mol. The highest BCUT2D eigenvalue weighted by Crippen LogP contribution is 2.08. The van der Waals surface area contributed by atoms with Crippen molar-refractivity contribution in [1.82, 2.24) is 9.97 Å². The van der Waals surface area contributed by atoms with Gasteiger partial charge in [0.1, 0.15) is 10.7 Å². The lowest BCUT2D eigenvalue weighted by Crippen LogP contribution is -2.23. The van der Waals surface area contributed by atoms with Crippen LogP contribution >= 0.6 is 12.2 Å². The highest BCUT2D eigenvalue weighted by Gasteiger charge is 2.08. The van der Waals surface area contributed by atoms with Crippen molar-refractivity contribution < 1.29 is 4.74 Å². The van der Waals surface area contributed by atoms with Crippen molar-refractivity contribution in [1.29, 1.82) is 0 Å². The summed E-state index contributed by atoms with van der Waals surface area (Å²) in [5.74, 6) is 0.599. The number of thiocarbonyl (C=S) groups is 1. The Balaban J connectivity index is 2.63. The van der Waals surface area contributed by atoms with Gasteiger partial charge in [0.15, 0.2) is 5.82 Å². The summed E-state index contributed by atoms with van der Waals surface area (Å²) in [6.07, 6.45) is 3.26. The zero-order valence-corrected chi connectivity index (χ0v) is 10.3. The molecule has 1 atom stereocenters. The predicted octanol–water partition coefficient (Wildman–Crippen LogP) is 0.948. The molecule has 1 unspecified atom stereocenters. The standard InChI is InChI=1S/C10H16N4OS/c1-3-15-7(2)6-14-10-8(9(11)16)12-4-5-13-10/h4-5,7H,3,6H2,1-2H3,(H2,11,16)(H,13,14). The van der Waals surface area contributed by atoms with E-state index in [0.717, 1.165) is 0 Å². The van der Waals surface area contributed by atoms with Gasteiger partial charge in [-0.3, -0.25) is 0 Å². The number of ether oxygens (including phenoxy) is 1. The van der Waals surface area contributed by atoms with Crippen LogP contribution in [0.1, 0.15) is 19.5 Å². The summed E-state index contributed by atoms with van der Waals surface area (Å²) in [6, 6.07) is 0. The summed E-state index contributed by atoms with van der Waals surface area (Å²) in [5, 5.41) is 3.11. The molecule has 16 heavy (non-hydrogen) atoms. The van der Waals surface area contributed by atoms with Crippen molar-refractivity contribution in [3.05, 3.63) is 18.1 Å². The van der Waals surface area contributed by atoms with Crippen LogP contribution in [0.25, 0.3) is 0 Å². The molecule has 1 heterocycles. The number of nitrogens with zero attached hydrogens (tertiary/aromatic N) is 2. The van der Waals surface area contributed by atoms with E-state index >= 15 is 0 Å². The Kier molecular flexibility index (Phi) is 5.07. The van der Waals surface area contributed by atoms with E-state index in [0.29, 0.717) is 24.7 Å². The molecule has 0 aliphatic carbocycles. The maximum atomic E-state index is 5.54. The molecule has 0 saturated carbocycles. The lowest BCUT2D eigenvalue weighted by atomic mass is 10.3. The second kappa shape index (κ2) is 6.34. The lowest BCUT2D eigenvalue weighted by molar-refractivity contribution is 0.0855. The maximum absolute atomic E-state index is 5.54. The van der Waals surface area contributed by atoms with Crippen LogP contribution in [0.2, 0.25) is 0 Å². The van der Waals surface area contributed by atoms with Gasteiger partial charge in [-0.15, -0.1) is 0 Å². The van der Waals surface area contributed by atoms with E-state index in [1.54, 1.807) is 12.4 Å².